The summed E-state index contributed by atoms with van der Waals surface area (Å²) in [7, 11) is 0. The van der Waals surface area contributed by atoms with E-state index < -0.39 is 0 Å². The highest BCUT2D eigenvalue weighted by atomic mass is 16.5. The van der Waals surface area contributed by atoms with Gasteiger partial charge in [-0.1, -0.05) is 0 Å². The largest absolute Gasteiger partial charge is 0.398 e. The van der Waals surface area contributed by atoms with Crippen LogP contribution in [-0.2, 0) is 11.3 Å². The molecule has 1 fully saturated rings. The second-order valence-electron chi connectivity index (χ2n) is 6.32. The molecule has 0 spiro atoms. The molecule has 20 heavy (non-hydrogen) atoms. The Bertz CT molecular complexity index is 570. The van der Waals surface area contributed by atoms with E-state index in [2.05, 4.69) is 24.1 Å². The van der Waals surface area contributed by atoms with Crippen molar-refractivity contribution in [1.29, 1.82) is 0 Å². The van der Waals surface area contributed by atoms with E-state index in [4.69, 9.17) is 10.5 Å². The van der Waals surface area contributed by atoms with Gasteiger partial charge in [-0.3, -0.25) is 0 Å². The summed E-state index contributed by atoms with van der Waals surface area (Å²) >= 11 is 0. The molecule has 1 saturated heterocycles. The number of fused-ring (bicyclic) bond motifs is 3. The number of benzene rings is 1. The van der Waals surface area contributed by atoms with Crippen LogP contribution in [0.3, 0.4) is 0 Å². The van der Waals surface area contributed by atoms with Gasteiger partial charge in [-0.05, 0) is 43.5 Å². The first-order valence-corrected chi connectivity index (χ1v) is 7.66. The summed E-state index contributed by atoms with van der Waals surface area (Å²) < 4.78 is 5.82. The summed E-state index contributed by atoms with van der Waals surface area (Å²) in [5, 5.41) is 3.56. The molecule has 2 unspecified atom stereocenters. The number of piperidine rings is 1. The van der Waals surface area contributed by atoms with Crippen molar-refractivity contribution >= 4 is 11.4 Å². The molecule has 1 aromatic carbocycles. The van der Waals surface area contributed by atoms with E-state index >= 15 is 0 Å². The number of nitrogens with two attached hydrogens (primary N) is 1. The van der Waals surface area contributed by atoms with Crippen molar-refractivity contribution in [2.75, 3.05) is 36.9 Å². The molecule has 3 aliphatic rings. The van der Waals surface area contributed by atoms with Gasteiger partial charge in [0.15, 0.2) is 0 Å². The quantitative estimate of drug-likeness (QED) is 0.706. The average molecular weight is 273 g/mol. The van der Waals surface area contributed by atoms with Gasteiger partial charge in [-0.15, -0.1) is 0 Å². The summed E-state index contributed by atoms with van der Waals surface area (Å²) in [6.45, 7) is 9.09. The van der Waals surface area contributed by atoms with E-state index in [1.807, 2.05) is 0 Å². The van der Waals surface area contributed by atoms with Gasteiger partial charge in [0, 0.05) is 42.0 Å². The monoisotopic (exact) mass is 273 g/mol. The Morgan fingerprint density at radius 2 is 2.15 bits per heavy atom. The van der Waals surface area contributed by atoms with E-state index in [-0.39, 0.29) is 0 Å². The molecule has 4 nitrogen and oxygen atoms in total. The van der Waals surface area contributed by atoms with Crippen molar-refractivity contribution in [3.05, 3.63) is 22.3 Å². The lowest BCUT2D eigenvalue weighted by Crippen LogP contribution is -2.45. The van der Waals surface area contributed by atoms with Crippen LogP contribution in [0.15, 0.2) is 0 Å². The van der Waals surface area contributed by atoms with Gasteiger partial charge in [-0.25, -0.2) is 0 Å². The summed E-state index contributed by atoms with van der Waals surface area (Å²) in [6, 6.07) is 0.631. The van der Waals surface area contributed by atoms with Crippen LogP contribution in [0.2, 0.25) is 0 Å². The number of nitrogen functional groups attached to an aromatic ring is 1. The van der Waals surface area contributed by atoms with Gasteiger partial charge in [-0.2, -0.15) is 0 Å². The first-order valence-electron chi connectivity index (χ1n) is 7.66. The van der Waals surface area contributed by atoms with Crippen molar-refractivity contribution < 1.29 is 4.74 Å². The fourth-order valence-electron chi connectivity index (χ4n) is 4.36. The highest BCUT2D eigenvalue weighted by Crippen LogP contribution is 2.50. The Hall–Kier alpha value is -1.26. The molecule has 3 N–H and O–H groups in total. The molecule has 0 aromatic heterocycles. The Balaban J connectivity index is 1.99. The highest BCUT2D eigenvalue weighted by Gasteiger charge is 2.43. The predicted octanol–water partition coefficient (Wildman–Crippen LogP) is 1.68. The lowest BCUT2D eigenvalue weighted by atomic mass is 9.85. The summed E-state index contributed by atoms with van der Waals surface area (Å²) in [6.07, 6.45) is 1.22. The third kappa shape index (κ3) is 1.49. The van der Waals surface area contributed by atoms with Crippen LogP contribution in [-0.4, -0.2) is 32.3 Å². The van der Waals surface area contributed by atoms with Crippen LogP contribution < -0.4 is 16.0 Å². The van der Waals surface area contributed by atoms with E-state index in [1.165, 1.54) is 34.4 Å². The lowest BCUT2D eigenvalue weighted by Gasteiger charge is -2.33. The standard InChI is InChI=1S/C16H23N3O/c1-9-12-8-20-6-5-19-13-3-4-18-7-11(13)14(16(12)19)10(2)15(9)17/h11,13,18H,3-8,17H2,1-2H3. The predicted molar refractivity (Wildman–Crippen MR) is 81.3 cm³/mol. The van der Waals surface area contributed by atoms with Crippen LogP contribution in [0.4, 0.5) is 11.4 Å². The number of anilines is 2. The number of hydrogen-bond donors (Lipinski definition) is 2. The molecule has 4 heteroatoms. The third-order valence-electron chi connectivity index (χ3n) is 5.43. The van der Waals surface area contributed by atoms with Gasteiger partial charge >= 0.3 is 0 Å². The molecule has 2 atom stereocenters. The molecular formula is C16H23N3O. The van der Waals surface area contributed by atoms with Gasteiger partial charge in [0.1, 0.15) is 0 Å². The molecule has 0 bridgehead atoms. The highest BCUT2D eigenvalue weighted by molar-refractivity contribution is 5.77. The van der Waals surface area contributed by atoms with Gasteiger partial charge < -0.3 is 20.7 Å². The maximum Gasteiger partial charge on any atom is 0.0741 e. The van der Waals surface area contributed by atoms with Gasteiger partial charge in [0.05, 0.1) is 13.2 Å². The van der Waals surface area contributed by atoms with Crippen molar-refractivity contribution in [2.24, 2.45) is 0 Å². The summed E-state index contributed by atoms with van der Waals surface area (Å²) in [5.41, 5.74) is 14.1. The average Bonchev–Trinajstić information content (AvgIpc) is 2.64. The molecule has 0 aliphatic carbocycles. The summed E-state index contributed by atoms with van der Waals surface area (Å²) in [4.78, 5) is 2.61. The fourth-order valence-corrected chi connectivity index (χ4v) is 4.36. The Morgan fingerprint density at radius 3 is 3.00 bits per heavy atom. The van der Waals surface area contributed by atoms with Crippen LogP contribution in [0, 0.1) is 13.8 Å². The normalized spacial score (nSPS) is 28.0. The minimum absolute atomic E-state index is 0.596. The van der Waals surface area contributed by atoms with Gasteiger partial charge in [0.2, 0.25) is 0 Å². The smallest absolute Gasteiger partial charge is 0.0741 e. The molecule has 108 valence electrons. The minimum Gasteiger partial charge on any atom is -0.398 e. The van der Waals surface area contributed by atoms with E-state index in [9.17, 15) is 0 Å². The van der Waals surface area contributed by atoms with Crippen LogP contribution in [0.5, 0.6) is 0 Å². The molecule has 3 heterocycles. The van der Waals surface area contributed by atoms with Crippen LogP contribution in [0.25, 0.3) is 0 Å². The second kappa shape index (κ2) is 4.37. The molecule has 1 aromatic rings. The topological polar surface area (TPSA) is 50.5 Å². The van der Waals surface area contributed by atoms with E-state index in [0.717, 1.165) is 31.9 Å². The number of ether oxygens (including phenoxy) is 1. The van der Waals surface area contributed by atoms with Crippen LogP contribution >= 0.6 is 0 Å². The van der Waals surface area contributed by atoms with Crippen molar-refractivity contribution in [2.45, 2.75) is 38.8 Å². The molecule has 4 rings (SSSR count). The van der Waals surface area contributed by atoms with Crippen LogP contribution in [0.1, 0.15) is 34.6 Å². The summed E-state index contributed by atoms with van der Waals surface area (Å²) in [5.74, 6) is 0.596. The number of hydrogen-bond acceptors (Lipinski definition) is 4. The maximum absolute atomic E-state index is 6.38. The lowest BCUT2D eigenvalue weighted by molar-refractivity contribution is 0.130. The Kier molecular flexibility index (Phi) is 2.72. The van der Waals surface area contributed by atoms with Gasteiger partial charge in [0.25, 0.3) is 0 Å². The first kappa shape index (κ1) is 12.5. The SMILES string of the molecule is Cc1c(N)c(C)c2c3c1COCCN3C1CCNCC21. The van der Waals surface area contributed by atoms with Crippen molar-refractivity contribution in [3.8, 4) is 0 Å². The molecule has 0 saturated carbocycles. The minimum atomic E-state index is 0.596. The van der Waals surface area contributed by atoms with Crippen molar-refractivity contribution in [3.63, 3.8) is 0 Å². The number of rotatable bonds is 0. The van der Waals surface area contributed by atoms with E-state index in [1.54, 1.807) is 0 Å². The Morgan fingerprint density at radius 1 is 1.30 bits per heavy atom. The zero-order chi connectivity index (χ0) is 13.9. The van der Waals surface area contributed by atoms with E-state index in [0.29, 0.717) is 18.6 Å². The zero-order valence-electron chi connectivity index (χ0n) is 12.3. The van der Waals surface area contributed by atoms with Crippen molar-refractivity contribution in [1.82, 2.24) is 5.32 Å². The number of nitrogens with one attached hydrogen (secondary N) is 1. The number of nitrogens with zero attached hydrogens (tertiary/aromatic N) is 1. The molecule has 3 aliphatic heterocycles. The fraction of sp³-hybridized carbons (Fsp3) is 0.625. The molecular weight excluding hydrogens is 250 g/mol. The first-order chi connectivity index (χ1) is 9.70. The Labute approximate surface area is 120 Å². The maximum atomic E-state index is 6.38. The second-order valence-corrected chi connectivity index (χ2v) is 6.32. The molecule has 0 amide bonds. The molecule has 0 radical (unpaired) electrons. The zero-order valence-corrected chi connectivity index (χ0v) is 12.3. The third-order valence-corrected chi connectivity index (χ3v) is 5.43.